The van der Waals surface area contributed by atoms with Gasteiger partial charge in [0, 0.05) is 50.0 Å². The Kier molecular flexibility index (Phi) is 7.59. The number of hydrogen-bond donors (Lipinski definition) is 0. The van der Waals surface area contributed by atoms with Gasteiger partial charge < -0.3 is 9.80 Å². The lowest BCUT2D eigenvalue weighted by Gasteiger charge is -2.39. The lowest BCUT2D eigenvalue weighted by atomic mass is 10.0. The summed E-state index contributed by atoms with van der Waals surface area (Å²) < 4.78 is 15.6. The molecule has 7 nitrogen and oxygen atoms in total. The highest BCUT2D eigenvalue weighted by molar-refractivity contribution is 8.26. The Hall–Kier alpha value is -3.16. The number of benzene rings is 1. The average Bonchev–Trinajstić information content (AvgIpc) is 3.53. The Bertz CT molecular complexity index is 1400. The summed E-state index contributed by atoms with van der Waals surface area (Å²) in [5, 5.41) is 9.83. The Morgan fingerprint density at radius 1 is 1.11 bits per heavy atom. The van der Waals surface area contributed by atoms with Crippen LogP contribution in [0.25, 0.3) is 6.08 Å². The van der Waals surface area contributed by atoms with Crippen molar-refractivity contribution in [2.24, 2.45) is 0 Å². The molecule has 1 aromatic carbocycles. The van der Waals surface area contributed by atoms with Crippen molar-refractivity contribution in [3.05, 3.63) is 62.0 Å². The van der Waals surface area contributed by atoms with Crippen LogP contribution in [0.4, 0.5) is 15.9 Å². The number of piperazine rings is 1. The number of carbonyl (C=O) groups is 1. The third kappa shape index (κ3) is 4.74. The minimum absolute atomic E-state index is 0.0915. The Labute approximate surface area is 231 Å². The van der Waals surface area contributed by atoms with Crippen molar-refractivity contribution in [1.82, 2.24) is 9.47 Å². The van der Waals surface area contributed by atoms with Gasteiger partial charge in [-0.1, -0.05) is 36.8 Å². The van der Waals surface area contributed by atoms with Gasteiger partial charge >= 0.3 is 0 Å². The van der Waals surface area contributed by atoms with Gasteiger partial charge in [0.1, 0.15) is 27.6 Å². The molecule has 0 bridgehead atoms. The van der Waals surface area contributed by atoms with E-state index < -0.39 is 0 Å². The Balaban J connectivity index is 1.53. The van der Waals surface area contributed by atoms with Gasteiger partial charge in [-0.05, 0) is 62.6 Å². The molecule has 10 heteroatoms. The second-order valence-electron chi connectivity index (χ2n) is 9.84. The molecule has 0 spiro atoms. The van der Waals surface area contributed by atoms with Crippen molar-refractivity contribution in [2.45, 2.75) is 52.1 Å². The van der Waals surface area contributed by atoms with Crippen LogP contribution < -0.4 is 15.4 Å². The molecule has 1 aromatic heterocycles. The lowest BCUT2D eigenvalue weighted by Crippen LogP contribution is -2.48. The number of rotatable bonds is 5. The number of hydrogen-bond acceptors (Lipinski definition) is 7. The highest BCUT2D eigenvalue weighted by Crippen LogP contribution is 2.39. The summed E-state index contributed by atoms with van der Waals surface area (Å²) in [5.74, 6) is 0.361. The van der Waals surface area contributed by atoms with Crippen molar-refractivity contribution < 1.29 is 9.18 Å². The molecule has 0 N–H and O–H groups in total. The zero-order valence-electron chi connectivity index (χ0n) is 21.6. The fraction of sp³-hybridized carbons (Fsp3) is 0.429. The van der Waals surface area contributed by atoms with Crippen LogP contribution in [0.2, 0.25) is 0 Å². The van der Waals surface area contributed by atoms with Crippen molar-refractivity contribution in [1.29, 1.82) is 5.26 Å². The van der Waals surface area contributed by atoms with E-state index in [2.05, 4.69) is 15.9 Å². The molecular formula is C28H30FN5O2S2. The van der Waals surface area contributed by atoms with Crippen molar-refractivity contribution >= 4 is 51.8 Å². The topological polar surface area (TPSA) is 72.6 Å². The summed E-state index contributed by atoms with van der Waals surface area (Å²) in [7, 11) is 0. The van der Waals surface area contributed by atoms with Crippen LogP contribution in [0.3, 0.4) is 0 Å². The molecule has 38 heavy (non-hydrogen) atoms. The standard InChI is InChI=1S/C28H30FN5O2S2/c1-3-33-25(32-14-12-31(13-15-32)20-10-8-19(29)9-11-20)22(18(2)23(17-30)26(33)35)16-24-27(36)34(28(37)38-24)21-6-4-5-7-21/h8-11,16,21H,3-7,12-15H2,1-2H3/b24-16-. The van der Waals surface area contributed by atoms with Crippen LogP contribution in [0.1, 0.15) is 49.3 Å². The van der Waals surface area contributed by atoms with Crippen LogP contribution in [0.5, 0.6) is 0 Å². The van der Waals surface area contributed by atoms with E-state index in [9.17, 15) is 19.2 Å². The molecule has 0 radical (unpaired) electrons. The monoisotopic (exact) mass is 551 g/mol. The number of anilines is 2. The van der Waals surface area contributed by atoms with Crippen LogP contribution in [0.15, 0.2) is 34.0 Å². The summed E-state index contributed by atoms with van der Waals surface area (Å²) in [5.41, 5.74) is 2.01. The number of nitriles is 1. The molecule has 2 aliphatic heterocycles. The van der Waals surface area contributed by atoms with Gasteiger partial charge in [-0.3, -0.25) is 19.1 Å². The zero-order chi connectivity index (χ0) is 27.0. The third-order valence-electron chi connectivity index (χ3n) is 7.72. The summed E-state index contributed by atoms with van der Waals surface area (Å²) in [6.45, 7) is 6.70. The van der Waals surface area contributed by atoms with Crippen molar-refractivity contribution in [3.8, 4) is 6.07 Å². The summed E-state index contributed by atoms with van der Waals surface area (Å²) >= 11 is 6.90. The molecule has 3 aliphatic rings. The number of aromatic nitrogens is 1. The van der Waals surface area contributed by atoms with Crippen molar-refractivity contribution in [2.75, 3.05) is 36.0 Å². The van der Waals surface area contributed by atoms with Gasteiger partial charge in [-0.25, -0.2) is 4.39 Å². The number of amides is 1. The first-order valence-electron chi connectivity index (χ1n) is 13.0. The van der Waals surface area contributed by atoms with Gasteiger partial charge in [-0.2, -0.15) is 5.26 Å². The fourth-order valence-electron chi connectivity index (χ4n) is 5.69. The van der Waals surface area contributed by atoms with E-state index in [4.69, 9.17) is 12.2 Å². The third-order valence-corrected chi connectivity index (χ3v) is 9.05. The van der Waals surface area contributed by atoms with Crippen LogP contribution >= 0.6 is 24.0 Å². The summed E-state index contributed by atoms with van der Waals surface area (Å²) in [6.07, 6.45) is 5.95. The van der Waals surface area contributed by atoms with E-state index in [1.54, 1.807) is 28.5 Å². The number of halogens is 1. The summed E-state index contributed by atoms with van der Waals surface area (Å²) in [6, 6.07) is 8.70. The fourth-order valence-corrected chi connectivity index (χ4v) is 7.08. The summed E-state index contributed by atoms with van der Waals surface area (Å²) in [4.78, 5) is 33.4. The van der Waals surface area contributed by atoms with Gasteiger partial charge in [0.25, 0.3) is 11.5 Å². The predicted molar refractivity (Wildman–Crippen MR) is 154 cm³/mol. The predicted octanol–water partition coefficient (Wildman–Crippen LogP) is 4.66. The minimum atomic E-state index is -0.320. The molecule has 2 aromatic rings. The lowest BCUT2D eigenvalue weighted by molar-refractivity contribution is -0.123. The Morgan fingerprint density at radius 3 is 2.34 bits per heavy atom. The van der Waals surface area contributed by atoms with E-state index in [1.807, 2.05) is 13.0 Å². The first-order chi connectivity index (χ1) is 18.3. The molecule has 1 amide bonds. The maximum absolute atomic E-state index is 13.5. The van der Waals surface area contributed by atoms with Gasteiger partial charge in [0.15, 0.2) is 0 Å². The molecule has 0 atom stereocenters. The smallest absolute Gasteiger partial charge is 0.270 e. The second-order valence-corrected chi connectivity index (χ2v) is 11.5. The average molecular weight is 552 g/mol. The van der Waals surface area contributed by atoms with Crippen LogP contribution in [-0.2, 0) is 11.3 Å². The second kappa shape index (κ2) is 10.9. The molecule has 2 saturated heterocycles. The molecular weight excluding hydrogens is 521 g/mol. The quantitative estimate of drug-likeness (QED) is 0.395. The van der Waals surface area contributed by atoms with E-state index in [0.717, 1.165) is 37.2 Å². The molecule has 1 saturated carbocycles. The number of carbonyl (C=O) groups excluding carboxylic acids is 1. The number of thioether (sulfide) groups is 1. The minimum Gasteiger partial charge on any atom is -0.368 e. The van der Waals surface area contributed by atoms with E-state index in [1.165, 1.54) is 23.9 Å². The van der Waals surface area contributed by atoms with Crippen molar-refractivity contribution in [3.63, 3.8) is 0 Å². The van der Waals surface area contributed by atoms with E-state index >= 15 is 0 Å². The highest BCUT2D eigenvalue weighted by atomic mass is 32.2. The SMILES string of the molecule is CCn1c(N2CCN(c3ccc(F)cc3)CC2)c(/C=C2\SC(=S)N(C3CCCC3)C2=O)c(C)c(C#N)c1=O. The number of nitrogens with zero attached hydrogens (tertiary/aromatic N) is 5. The van der Waals surface area contributed by atoms with Crippen LogP contribution in [0, 0.1) is 24.1 Å². The van der Waals surface area contributed by atoms with E-state index in [0.29, 0.717) is 53.1 Å². The van der Waals surface area contributed by atoms with Gasteiger partial charge in [-0.15, -0.1) is 0 Å². The maximum Gasteiger partial charge on any atom is 0.270 e. The first kappa shape index (κ1) is 26.4. The first-order valence-corrected chi connectivity index (χ1v) is 14.3. The Morgan fingerprint density at radius 2 is 1.74 bits per heavy atom. The number of thiocarbonyl (C=S) groups is 1. The molecule has 3 heterocycles. The highest BCUT2D eigenvalue weighted by Gasteiger charge is 2.38. The molecule has 3 fully saturated rings. The largest absolute Gasteiger partial charge is 0.368 e. The van der Waals surface area contributed by atoms with Crippen LogP contribution in [-0.4, -0.2) is 51.9 Å². The molecule has 1 aliphatic carbocycles. The molecule has 0 unspecified atom stereocenters. The van der Waals surface area contributed by atoms with Gasteiger partial charge in [0.05, 0.1) is 4.91 Å². The van der Waals surface area contributed by atoms with Gasteiger partial charge in [0.2, 0.25) is 0 Å². The normalized spacial score (nSPS) is 19.6. The zero-order valence-corrected chi connectivity index (χ0v) is 23.2. The van der Waals surface area contributed by atoms with E-state index in [-0.39, 0.29) is 28.9 Å². The number of pyridine rings is 1. The maximum atomic E-state index is 13.5. The molecule has 5 rings (SSSR count). The molecule has 198 valence electrons.